The van der Waals surface area contributed by atoms with Gasteiger partial charge in [-0.1, -0.05) is 32.0 Å². The molecular weight excluding hydrogens is 320 g/mol. The van der Waals surface area contributed by atoms with E-state index < -0.39 is 0 Å². The summed E-state index contributed by atoms with van der Waals surface area (Å²) in [6.45, 7) is 8.77. The van der Waals surface area contributed by atoms with Gasteiger partial charge in [0.05, 0.1) is 13.2 Å². The van der Waals surface area contributed by atoms with E-state index in [1.807, 2.05) is 18.2 Å². The molecule has 0 spiro atoms. The van der Waals surface area contributed by atoms with Gasteiger partial charge in [-0.2, -0.15) is 0 Å². The topological polar surface area (TPSA) is 41.6 Å². The number of rotatable bonds is 9. The third-order valence-corrected chi connectivity index (χ3v) is 5.20. The van der Waals surface area contributed by atoms with Crippen molar-refractivity contribution < 1.29 is 9.53 Å². The number of nitrogens with one attached hydrogen (secondary N) is 1. The summed E-state index contributed by atoms with van der Waals surface area (Å²) in [6.07, 6.45) is 1.68. The lowest BCUT2D eigenvalue weighted by Crippen LogP contribution is -2.49. The van der Waals surface area contributed by atoms with Crippen molar-refractivity contribution in [3.05, 3.63) is 30.3 Å². The number of hydrogen-bond acceptors (Lipinski definition) is 4. The third kappa shape index (κ3) is 7.24. The van der Waals surface area contributed by atoms with Crippen molar-refractivity contribution in [1.82, 2.24) is 10.2 Å². The van der Waals surface area contributed by atoms with Crippen LogP contribution in [0.1, 0.15) is 26.7 Å². The fourth-order valence-electron chi connectivity index (χ4n) is 2.95. The van der Waals surface area contributed by atoms with Crippen molar-refractivity contribution in [3.8, 4) is 0 Å². The van der Waals surface area contributed by atoms with Crippen LogP contribution in [0.25, 0.3) is 0 Å². The van der Waals surface area contributed by atoms with E-state index in [-0.39, 0.29) is 5.91 Å². The minimum atomic E-state index is 0.153. The van der Waals surface area contributed by atoms with E-state index in [1.54, 1.807) is 11.8 Å². The van der Waals surface area contributed by atoms with Crippen molar-refractivity contribution in [2.45, 2.75) is 37.6 Å². The van der Waals surface area contributed by atoms with E-state index in [4.69, 9.17) is 4.74 Å². The van der Waals surface area contributed by atoms with Crippen LogP contribution >= 0.6 is 11.8 Å². The van der Waals surface area contributed by atoms with Crippen molar-refractivity contribution in [2.75, 3.05) is 38.6 Å². The van der Waals surface area contributed by atoms with Gasteiger partial charge in [-0.05, 0) is 24.5 Å². The Bertz CT molecular complexity index is 476. The monoisotopic (exact) mass is 350 g/mol. The molecule has 2 rings (SSSR count). The number of hydrogen-bond donors (Lipinski definition) is 1. The highest BCUT2D eigenvalue weighted by Crippen LogP contribution is 2.17. The predicted octanol–water partition coefficient (Wildman–Crippen LogP) is 3.03. The summed E-state index contributed by atoms with van der Waals surface area (Å²) < 4.78 is 5.44. The van der Waals surface area contributed by atoms with Gasteiger partial charge in [0.2, 0.25) is 5.91 Å². The summed E-state index contributed by atoms with van der Waals surface area (Å²) in [6, 6.07) is 10.7. The van der Waals surface area contributed by atoms with E-state index in [9.17, 15) is 4.79 Å². The average Bonchev–Trinajstić information content (AvgIpc) is 2.60. The summed E-state index contributed by atoms with van der Waals surface area (Å²) in [5.41, 5.74) is 0. The lowest BCUT2D eigenvalue weighted by atomic mass is 10.0. The number of ether oxygens (including phenoxy) is 1. The molecule has 5 heteroatoms. The van der Waals surface area contributed by atoms with E-state index in [2.05, 4.69) is 36.2 Å². The summed E-state index contributed by atoms with van der Waals surface area (Å²) in [7, 11) is 0. The largest absolute Gasteiger partial charge is 0.379 e. The summed E-state index contributed by atoms with van der Waals surface area (Å²) >= 11 is 1.73. The lowest BCUT2D eigenvalue weighted by molar-refractivity contribution is -0.121. The quantitative estimate of drug-likeness (QED) is 0.695. The van der Waals surface area contributed by atoms with Crippen LogP contribution in [-0.4, -0.2) is 55.4 Å². The number of benzene rings is 1. The van der Waals surface area contributed by atoms with Gasteiger partial charge in [0.25, 0.3) is 0 Å². The molecule has 24 heavy (non-hydrogen) atoms. The van der Waals surface area contributed by atoms with E-state index in [0.29, 0.717) is 18.4 Å². The zero-order valence-electron chi connectivity index (χ0n) is 14.9. The standard InChI is InChI=1S/C19H30N2O2S/c1-16(2)14-17(21-9-11-23-12-10-21)15-20-19(22)8-13-24-18-6-4-3-5-7-18/h3-7,16-17H,8-15H2,1-2H3,(H,20,22). The molecule has 1 atom stereocenters. The molecule has 1 N–H and O–H groups in total. The normalized spacial score (nSPS) is 17.0. The Morgan fingerprint density at radius 3 is 2.62 bits per heavy atom. The van der Waals surface area contributed by atoms with E-state index >= 15 is 0 Å². The maximum atomic E-state index is 12.1. The first-order valence-electron chi connectivity index (χ1n) is 8.91. The molecule has 1 saturated heterocycles. The summed E-state index contributed by atoms with van der Waals surface area (Å²) in [5, 5.41) is 3.14. The molecule has 0 aromatic heterocycles. The van der Waals surface area contributed by atoms with Gasteiger partial charge >= 0.3 is 0 Å². The Morgan fingerprint density at radius 1 is 1.25 bits per heavy atom. The third-order valence-electron chi connectivity index (χ3n) is 4.18. The fourth-order valence-corrected chi connectivity index (χ4v) is 3.82. The smallest absolute Gasteiger partial charge is 0.220 e. The second kappa shape index (κ2) is 10.7. The first-order chi connectivity index (χ1) is 11.6. The van der Waals surface area contributed by atoms with Crippen LogP contribution in [0.2, 0.25) is 0 Å². The van der Waals surface area contributed by atoms with Gasteiger partial charge in [0.15, 0.2) is 0 Å². The van der Waals surface area contributed by atoms with Crippen LogP contribution < -0.4 is 5.32 Å². The Labute approximate surface area is 150 Å². The molecule has 1 aliphatic rings. The van der Waals surface area contributed by atoms with Gasteiger partial charge < -0.3 is 10.1 Å². The number of carbonyl (C=O) groups excluding carboxylic acids is 1. The van der Waals surface area contributed by atoms with Crippen LogP contribution in [0.3, 0.4) is 0 Å². The second-order valence-electron chi connectivity index (χ2n) is 6.65. The molecule has 1 fully saturated rings. The Hall–Kier alpha value is -1.04. The highest BCUT2D eigenvalue weighted by Gasteiger charge is 2.22. The molecule has 1 heterocycles. The van der Waals surface area contributed by atoms with Gasteiger partial charge in [-0.3, -0.25) is 9.69 Å². The minimum absolute atomic E-state index is 0.153. The molecule has 1 amide bonds. The Balaban J connectivity index is 1.70. The minimum Gasteiger partial charge on any atom is -0.379 e. The highest BCUT2D eigenvalue weighted by molar-refractivity contribution is 7.99. The molecular formula is C19H30N2O2S. The van der Waals surface area contributed by atoms with Crippen LogP contribution in [-0.2, 0) is 9.53 Å². The Kier molecular flexibility index (Phi) is 8.64. The molecule has 0 aliphatic carbocycles. The van der Waals surface area contributed by atoms with E-state index in [1.165, 1.54) is 4.90 Å². The van der Waals surface area contributed by atoms with Gasteiger partial charge in [0.1, 0.15) is 0 Å². The SMILES string of the molecule is CC(C)CC(CNC(=O)CCSc1ccccc1)N1CCOCC1. The summed E-state index contributed by atoms with van der Waals surface area (Å²) in [4.78, 5) is 15.8. The van der Waals surface area contributed by atoms with Crippen LogP contribution in [0.5, 0.6) is 0 Å². The molecule has 4 nitrogen and oxygen atoms in total. The van der Waals surface area contributed by atoms with Crippen molar-refractivity contribution in [2.24, 2.45) is 5.92 Å². The van der Waals surface area contributed by atoms with Gasteiger partial charge in [0, 0.05) is 42.7 Å². The van der Waals surface area contributed by atoms with Crippen molar-refractivity contribution in [3.63, 3.8) is 0 Å². The zero-order chi connectivity index (χ0) is 17.2. The molecule has 1 unspecified atom stereocenters. The molecule has 0 bridgehead atoms. The number of thioether (sulfide) groups is 1. The molecule has 0 radical (unpaired) electrons. The van der Waals surface area contributed by atoms with Crippen LogP contribution in [0.4, 0.5) is 0 Å². The second-order valence-corrected chi connectivity index (χ2v) is 7.82. The van der Waals surface area contributed by atoms with Crippen molar-refractivity contribution >= 4 is 17.7 Å². The molecule has 1 aromatic carbocycles. The lowest BCUT2D eigenvalue weighted by Gasteiger charge is -2.35. The Morgan fingerprint density at radius 2 is 1.96 bits per heavy atom. The number of nitrogens with zero attached hydrogens (tertiary/aromatic N) is 1. The first kappa shape index (κ1) is 19.3. The molecule has 134 valence electrons. The number of carbonyl (C=O) groups is 1. The predicted molar refractivity (Wildman–Crippen MR) is 100 cm³/mol. The molecule has 1 aliphatic heterocycles. The average molecular weight is 351 g/mol. The van der Waals surface area contributed by atoms with Crippen molar-refractivity contribution in [1.29, 1.82) is 0 Å². The van der Waals surface area contributed by atoms with Crippen LogP contribution in [0, 0.1) is 5.92 Å². The number of amides is 1. The molecule has 0 saturated carbocycles. The fraction of sp³-hybridized carbons (Fsp3) is 0.632. The van der Waals surface area contributed by atoms with E-state index in [0.717, 1.165) is 45.0 Å². The first-order valence-corrected chi connectivity index (χ1v) is 9.90. The zero-order valence-corrected chi connectivity index (χ0v) is 15.7. The maximum absolute atomic E-state index is 12.1. The molecule has 1 aromatic rings. The van der Waals surface area contributed by atoms with Gasteiger partial charge in [-0.25, -0.2) is 0 Å². The summed E-state index contributed by atoms with van der Waals surface area (Å²) in [5.74, 6) is 1.60. The van der Waals surface area contributed by atoms with Crippen LogP contribution in [0.15, 0.2) is 35.2 Å². The highest BCUT2D eigenvalue weighted by atomic mass is 32.2. The van der Waals surface area contributed by atoms with Gasteiger partial charge in [-0.15, -0.1) is 11.8 Å². The number of morpholine rings is 1. The maximum Gasteiger partial charge on any atom is 0.220 e.